The number of ether oxygens (including phenoxy) is 1. The van der Waals surface area contributed by atoms with Crippen LogP contribution in [-0.2, 0) is 0 Å². The highest BCUT2D eigenvalue weighted by atomic mass is 32.2. The van der Waals surface area contributed by atoms with Gasteiger partial charge in [-0.15, -0.1) is 0 Å². The van der Waals surface area contributed by atoms with Crippen LogP contribution in [-0.4, -0.2) is 23.9 Å². The molecule has 1 fully saturated rings. The van der Waals surface area contributed by atoms with E-state index in [0.717, 1.165) is 22.4 Å². The third-order valence-electron chi connectivity index (χ3n) is 3.93. The van der Waals surface area contributed by atoms with Crippen molar-refractivity contribution < 1.29 is 9.53 Å². The highest BCUT2D eigenvalue weighted by Crippen LogP contribution is 2.31. The van der Waals surface area contributed by atoms with Gasteiger partial charge in [0.15, 0.2) is 5.78 Å². The van der Waals surface area contributed by atoms with Gasteiger partial charge in [-0.05, 0) is 43.9 Å². The first kappa shape index (κ1) is 15.4. The van der Waals surface area contributed by atoms with Gasteiger partial charge in [0.25, 0.3) is 0 Å². The second kappa shape index (κ2) is 7.16. The predicted molar refractivity (Wildman–Crippen MR) is 86.1 cm³/mol. The number of ketones is 1. The zero-order valence-electron chi connectivity index (χ0n) is 12.7. The maximum Gasteiger partial charge on any atom is 0.176 e. The number of thioether (sulfide) groups is 1. The molecule has 0 saturated heterocycles. The Labute approximate surface area is 126 Å². The molecule has 1 aliphatic carbocycles. The molecule has 0 radical (unpaired) electrons. The Hall–Kier alpha value is -0.960. The SMILES string of the molecule is COc1c(C)cc(C)cc1C(=O)CSC1CCCCC1. The number of methoxy groups -OCH3 is 1. The van der Waals surface area contributed by atoms with Crippen molar-refractivity contribution in [2.45, 2.75) is 51.2 Å². The van der Waals surface area contributed by atoms with Crippen molar-refractivity contribution in [3.63, 3.8) is 0 Å². The Balaban J connectivity index is 2.04. The second-order valence-corrected chi connectivity index (χ2v) is 6.95. The van der Waals surface area contributed by atoms with E-state index in [2.05, 4.69) is 6.07 Å². The third-order valence-corrected chi connectivity index (χ3v) is 5.30. The van der Waals surface area contributed by atoms with Crippen molar-refractivity contribution in [2.75, 3.05) is 12.9 Å². The van der Waals surface area contributed by atoms with Gasteiger partial charge in [0, 0.05) is 5.25 Å². The summed E-state index contributed by atoms with van der Waals surface area (Å²) in [4.78, 5) is 12.5. The van der Waals surface area contributed by atoms with E-state index in [1.165, 1.54) is 32.1 Å². The van der Waals surface area contributed by atoms with Gasteiger partial charge >= 0.3 is 0 Å². The molecular formula is C17H24O2S. The van der Waals surface area contributed by atoms with E-state index in [0.29, 0.717) is 11.0 Å². The molecule has 2 rings (SSSR count). The molecule has 2 nitrogen and oxygen atoms in total. The van der Waals surface area contributed by atoms with Crippen molar-refractivity contribution in [1.82, 2.24) is 0 Å². The minimum atomic E-state index is 0.198. The molecule has 0 unspecified atom stereocenters. The lowest BCUT2D eigenvalue weighted by molar-refractivity contribution is 0.101. The maximum absolute atomic E-state index is 12.5. The van der Waals surface area contributed by atoms with E-state index in [-0.39, 0.29) is 5.78 Å². The van der Waals surface area contributed by atoms with Crippen LogP contribution in [0, 0.1) is 13.8 Å². The van der Waals surface area contributed by atoms with Crippen LogP contribution in [0.1, 0.15) is 53.6 Å². The highest BCUT2D eigenvalue weighted by Gasteiger charge is 2.19. The van der Waals surface area contributed by atoms with Gasteiger partial charge in [-0.1, -0.05) is 25.3 Å². The number of hydrogen-bond donors (Lipinski definition) is 0. The number of rotatable bonds is 5. The number of Topliss-reactive ketones (excluding diaryl/α,β-unsaturated/α-hetero) is 1. The van der Waals surface area contributed by atoms with Gasteiger partial charge in [-0.2, -0.15) is 11.8 Å². The molecule has 0 bridgehead atoms. The first-order valence-electron chi connectivity index (χ1n) is 7.42. The van der Waals surface area contributed by atoms with Gasteiger partial charge in [0.05, 0.1) is 18.4 Å². The average Bonchev–Trinajstić information content (AvgIpc) is 2.45. The van der Waals surface area contributed by atoms with Gasteiger partial charge in [-0.25, -0.2) is 0 Å². The smallest absolute Gasteiger partial charge is 0.176 e. The summed E-state index contributed by atoms with van der Waals surface area (Å²) >= 11 is 1.83. The summed E-state index contributed by atoms with van der Waals surface area (Å²) < 4.78 is 5.41. The Morgan fingerprint density at radius 3 is 2.60 bits per heavy atom. The van der Waals surface area contributed by atoms with Crippen molar-refractivity contribution in [3.8, 4) is 5.75 Å². The van der Waals surface area contributed by atoms with E-state index in [1.54, 1.807) is 7.11 Å². The lowest BCUT2D eigenvalue weighted by Gasteiger charge is -2.21. The van der Waals surface area contributed by atoms with Crippen LogP contribution in [0.2, 0.25) is 0 Å². The number of benzene rings is 1. The molecule has 110 valence electrons. The molecule has 0 spiro atoms. The van der Waals surface area contributed by atoms with Crippen LogP contribution in [0.25, 0.3) is 0 Å². The number of carbonyl (C=O) groups is 1. The lowest BCUT2D eigenvalue weighted by atomic mass is 10.0. The fraction of sp³-hybridized carbons (Fsp3) is 0.588. The van der Waals surface area contributed by atoms with E-state index in [9.17, 15) is 4.79 Å². The molecule has 1 aromatic rings. The normalized spacial score (nSPS) is 16.1. The van der Waals surface area contributed by atoms with Crippen molar-refractivity contribution >= 4 is 17.5 Å². The molecule has 20 heavy (non-hydrogen) atoms. The molecule has 0 heterocycles. The summed E-state index contributed by atoms with van der Waals surface area (Å²) in [5.74, 6) is 1.51. The lowest BCUT2D eigenvalue weighted by Crippen LogP contribution is -2.13. The Kier molecular flexibility index (Phi) is 5.53. The summed E-state index contributed by atoms with van der Waals surface area (Å²) in [5.41, 5.74) is 2.90. The predicted octanol–water partition coefficient (Wildman–Crippen LogP) is 4.56. The maximum atomic E-state index is 12.5. The molecule has 0 atom stereocenters. The van der Waals surface area contributed by atoms with Gasteiger partial charge in [0.2, 0.25) is 0 Å². The molecule has 0 aromatic heterocycles. The molecule has 0 N–H and O–H groups in total. The largest absolute Gasteiger partial charge is 0.496 e. The zero-order valence-corrected chi connectivity index (χ0v) is 13.5. The highest BCUT2D eigenvalue weighted by molar-refractivity contribution is 8.00. The average molecular weight is 292 g/mol. The summed E-state index contributed by atoms with van der Waals surface area (Å²) in [5, 5.41) is 0.671. The van der Waals surface area contributed by atoms with E-state index in [4.69, 9.17) is 4.74 Å². The van der Waals surface area contributed by atoms with Crippen molar-refractivity contribution in [3.05, 3.63) is 28.8 Å². The molecule has 1 aromatic carbocycles. The Morgan fingerprint density at radius 2 is 1.95 bits per heavy atom. The van der Waals surface area contributed by atoms with Crippen LogP contribution >= 0.6 is 11.8 Å². The van der Waals surface area contributed by atoms with Crippen LogP contribution in [0.4, 0.5) is 0 Å². The number of carbonyl (C=O) groups excluding carboxylic acids is 1. The van der Waals surface area contributed by atoms with Gasteiger partial charge < -0.3 is 4.74 Å². The minimum absolute atomic E-state index is 0.198. The molecule has 1 saturated carbocycles. The van der Waals surface area contributed by atoms with Crippen molar-refractivity contribution in [2.24, 2.45) is 0 Å². The second-order valence-electron chi connectivity index (χ2n) is 5.66. The summed E-state index contributed by atoms with van der Waals surface area (Å²) in [6.45, 7) is 4.02. The first-order valence-corrected chi connectivity index (χ1v) is 8.46. The van der Waals surface area contributed by atoms with E-state index >= 15 is 0 Å². The van der Waals surface area contributed by atoms with Crippen LogP contribution in [0.3, 0.4) is 0 Å². The third kappa shape index (κ3) is 3.78. The topological polar surface area (TPSA) is 26.3 Å². The molecular weight excluding hydrogens is 268 g/mol. The fourth-order valence-corrected chi connectivity index (χ4v) is 4.14. The van der Waals surface area contributed by atoms with Gasteiger partial charge in [0.1, 0.15) is 5.75 Å². The van der Waals surface area contributed by atoms with Gasteiger partial charge in [-0.3, -0.25) is 4.79 Å². The Morgan fingerprint density at radius 1 is 1.25 bits per heavy atom. The van der Waals surface area contributed by atoms with Crippen LogP contribution in [0.5, 0.6) is 5.75 Å². The molecule has 3 heteroatoms. The molecule has 0 aliphatic heterocycles. The zero-order chi connectivity index (χ0) is 14.5. The summed E-state index contributed by atoms with van der Waals surface area (Å²) in [6, 6.07) is 4.01. The number of hydrogen-bond acceptors (Lipinski definition) is 3. The number of aryl methyl sites for hydroxylation is 2. The van der Waals surface area contributed by atoms with Crippen LogP contribution in [0.15, 0.2) is 12.1 Å². The Bertz CT molecular complexity index is 476. The summed E-state index contributed by atoms with van der Waals surface area (Å²) in [6.07, 6.45) is 6.53. The standard InChI is InChI=1S/C17H24O2S/c1-12-9-13(2)17(19-3)15(10-12)16(18)11-20-14-7-5-4-6-8-14/h9-10,14H,4-8,11H2,1-3H3. The van der Waals surface area contributed by atoms with E-state index < -0.39 is 0 Å². The summed E-state index contributed by atoms with van der Waals surface area (Å²) in [7, 11) is 1.64. The first-order chi connectivity index (χ1) is 9.61. The monoisotopic (exact) mass is 292 g/mol. The van der Waals surface area contributed by atoms with Crippen molar-refractivity contribution in [1.29, 1.82) is 0 Å². The van der Waals surface area contributed by atoms with Crippen LogP contribution < -0.4 is 4.74 Å². The molecule has 0 amide bonds. The minimum Gasteiger partial charge on any atom is -0.496 e. The molecule has 1 aliphatic rings. The fourth-order valence-electron chi connectivity index (χ4n) is 2.94. The quantitative estimate of drug-likeness (QED) is 0.744. The van der Waals surface area contributed by atoms with E-state index in [1.807, 2.05) is 31.7 Å².